The molecular weight excluding hydrogens is 649 g/mol. The van der Waals surface area contributed by atoms with E-state index in [2.05, 4.69) is 173 Å². The molecule has 0 fully saturated rings. The molecule has 2 unspecified atom stereocenters. The maximum Gasteiger partial charge on any atom is 0.235 e. The molecule has 5 heteroatoms. The first-order valence-corrected chi connectivity index (χ1v) is 18.2. The maximum atomic E-state index is 6.62. The minimum absolute atomic E-state index is 0.0196. The van der Waals surface area contributed by atoms with Gasteiger partial charge in [-0.1, -0.05) is 127 Å². The van der Waals surface area contributed by atoms with Crippen LogP contribution in [0.1, 0.15) is 11.5 Å². The molecule has 2 atom stereocenters. The van der Waals surface area contributed by atoms with Gasteiger partial charge in [0.05, 0.1) is 39.0 Å². The minimum atomic E-state index is 0.0196. The van der Waals surface area contributed by atoms with Crippen molar-refractivity contribution in [3.8, 4) is 28.6 Å². The fraction of sp³-hybridized carbons (Fsp3) is 0.0417. The highest BCUT2D eigenvalue weighted by Crippen LogP contribution is 2.48. The van der Waals surface area contributed by atoms with Gasteiger partial charge >= 0.3 is 0 Å². The van der Waals surface area contributed by atoms with Crippen molar-refractivity contribution in [3.05, 3.63) is 175 Å². The number of ether oxygens (including phenoxy) is 1. The molecule has 1 aliphatic carbocycles. The van der Waals surface area contributed by atoms with E-state index >= 15 is 0 Å². The van der Waals surface area contributed by atoms with Crippen molar-refractivity contribution in [1.29, 1.82) is 0 Å². The van der Waals surface area contributed by atoms with E-state index in [0.717, 1.165) is 61.1 Å². The van der Waals surface area contributed by atoms with Gasteiger partial charge in [0.25, 0.3) is 0 Å². The molecule has 2 aliphatic rings. The smallest absolute Gasteiger partial charge is 0.235 e. The van der Waals surface area contributed by atoms with Crippen molar-refractivity contribution in [2.75, 3.05) is 0 Å². The first-order valence-electron chi connectivity index (χ1n) is 18.2. The Kier molecular flexibility index (Phi) is 5.83. The van der Waals surface area contributed by atoms with E-state index in [1.165, 1.54) is 32.5 Å². The average Bonchev–Trinajstić information content (AvgIpc) is 3.86. The summed E-state index contributed by atoms with van der Waals surface area (Å²) >= 11 is 0. The molecule has 4 heterocycles. The van der Waals surface area contributed by atoms with Gasteiger partial charge in [0.1, 0.15) is 11.9 Å². The van der Waals surface area contributed by atoms with Crippen LogP contribution in [0.25, 0.3) is 88.2 Å². The summed E-state index contributed by atoms with van der Waals surface area (Å²) in [7, 11) is 0. The highest BCUT2D eigenvalue weighted by atomic mass is 16.5. The monoisotopic (exact) mass is 678 g/mol. The van der Waals surface area contributed by atoms with Gasteiger partial charge in [0, 0.05) is 55.4 Å². The van der Waals surface area contributed by atoms with Crippen LogP contribution in [-0.4, -0.2) is 25.2 Å². The molecule has 3 aromatic heterocycles. The SMILES string of the molecule is C1=CC2Oc3cc4c(cc3C2C=C1)c1ccc2c(c3ccccc3n2-c2nc(-c3ccccc3)c3ccccc3n2)c1n4-c1cccc2ccccc12. The van der Waals surface area contributed by atoms with Crippen molar-refractivity contribution < 1.29 is 4.74 Å². The molecule has 10 aromatic rings. The summed E-state index contributed by atoms with van der Waals surface area (Å²) in [5.74, 6) is 1.80. The second kappa shape index (κ2) is 10.8. The predicted molar refractivity (Wildman–Crippen MR) is 217 cm³/mol. The van der Waals surface area contributed by atoms with Gasteiger partial charge in [-0.05, 0) is 41.8 Å². The first-order chi connectivity index (χ1) is 26.3. The fourth-order valence-corrected chi connectivity index (χ4v) is 8.94. The van der Waals surface area contributed by atoms with E-state index in [-0.39, 0.29) is 12.0 Å². The lowest BCUT2D eigenvalue weighted by Gasteiger charge is -2.14. The molecule has 248 valence electrons. The van der Waals surface area contributed by atoms with Crippen molar-refractivity contribution in [3.63, 3.8) is 0 Å². The second-order valence-electron chi connectivity index (χ2n) is 14.1. The molecule has 7 aromatic carbocycles. The summed E-state index contributed by atoms with van der Waals surface area (Å²) in [6.07, 6.45) is 8.69. The summed E-state index contributed by atoms with van der Waals surface area (Å²) in [5.41, 5.74) is 9.67. The zero-order valence-corrected chi connectivity index (χ0v) is 28.5. The predicted octanol–water partition coefficient (Wildman–Crippen LogP) is 11.6. The lowest BCUT2D eigenvalue weighted by Crippen LogP contribution is -2.15. The third-order valence-electron chi connectivity index (χ3n) is 11.2. The number of hydrogen-bond donors (Lipinski definition) is 0. The van der Waals surface area contributed by atoms with Gasteiger partial charge in [0.2, 0.25) is 5.95 Å². The molecule has 0 spiro atoms. The number of nitrogens with zero attached hydrogens (tertiary/aromatic N) is 4. The number of hydrogen-bond acceptors (Lipinski definition) is 3. The molecule has 0 saturated heterocycles. The minimum Gasteiger partial charge on any atom is -0.485 e. The molecule has 1 aliphatic heterocycles. The highest BCUT2D eigenvalue weighted by molar-refractivity contribution is 6.26. The van der Waals surface area contributed by atoms with Crippen molar-refractivity contribution in [1.82, 2.24) is 19.1 Å². The Morgan fingerprint density at radius 1 is 0.528 bits per heavy atom. The Balaban J connectivity index is 1.24. The molecule has 0 saturated carbocycles. The summed E-state index contributed by atoms with van der Waals surface area (Å²) in [5, 5.41) is 8.16. The third-order valence-corrected chi connectivity index (χ3v) is 11.2. The molecular formula is C48H30N4O. The quantitative estimate of drug-likeness (QED) is 0.187. The van der Waals surface area contributed by atoms with Crippen molar-refractivity contribution in [2.24, 2.45) is 0 Å². The fourth-order valence-electron chi connectivity index (χ4n) is 8.94. The Morgan fingerprint density at radius 2 is 1.30 bits per heavy atom. The molecule has 5 nitrogen and oxygen atoms in total. The van der Waals surface area contributed by atoms with E-state index in [4.69, 9.17) is 14.7 Å². The van der Waals surface area contributed by atoms with Crippen molar-refractivity contribution in [2.45, 2.75) is 12.0 Å². The average molecular weight is 679 g/mol. The van der Waals surface area contributed by atoms with Gasteiger partial charge in [-0.3, -0.25) is 4.57 Å². The van der Waals surface area contributed by atoms with Crippen LogP contribution in [0.2, 0.25) is 0 Å². The Morgan fingerprint density at radius 3 is 2.23 bits per heavy atom. The van der Waals surface area contributed by atoms with Crippen LogP contribution in [0.3, 0.4) is 0 Å². The van der Waals surface area contributed by atoms with Crippen LogP contribution in [0.4, 0.5) is 0 Å². The maximum absolute atomic E-state index is 6.62. The number of benzene rings is 7. The number of allylic oxidation sites excluding steroid dienone is 2. The number of rotatable bonds is 3. The van der Waals surface area contributed by atoms with Crippen molar-refractivity contribution >= 4 is 65.3 Å². The second-order valence-corrected chi connectivity index (χ2v) is 14.1. The summed E-state index contributed by atoms with van der Waals surface area (Å²) in [6, 6.07) is 51.9. The molecule has 0 amide bonds. The lowest BCUT2D eigenvalue weighted by atomic mass is 9.91. The van der Waals surface area contributed by atoms with Gasteiger partial charge in [0.15, 0.2) is 0 Å². The topological polar surface area (TPSA) is 44.9 Å². The van der Waals surface area contributed by atoms with E-state index in [1.807, 2.05) is 6.07 Å². The lowest BCUT2D eigenvalue weighted by molar-refractivity contribution is 0.269. The van der Waals surface area contributed by atoms with Gasteiger partial charge < -0.3 is 9.30 Å². The number of fused-ring (bicyclic) bond motifs is 12. The Bertz CT molecular complexity index is 3220. The molecule has 53 heavy (non-hydrogen) atoms. The molecule has 0 radical (unpaired) electrons. The first kappa shape index (κ1) is 28.7. The van der Waals surface area contributed by atoms with E-state index in [9.17, 15) is 0 Å². The van der Waals surface area contributed by atoms with Gasteiger partial charge in [-0.2, -0.15) is 0 Å². The molecule has 0 bridgehead atoms. The highest BCUT2D eigenvalue weighted by Gasteiger charge is 2.34. The Labute approximate surface area is 304 Å². The largest absolute Gasteiger partial charge is 0.485 e. The zero-order valence-electron chi connectivity index (χ0n) is 28.5. The van der Waals surface area contributed by atoms with Gasteiger partial charge in [-0.15, -0.1) is 0 Å². The Hall–Kier alpha value is -6.98. The van der Waals surface area contributed by atoms with Gasteiger partial charge in [-0.25, -0.2) is 9.97 Å². The zero-order chi connectivity index (χ0) is 34.6. The standard InChI is InChI=1S/C48H30N4O/c1-2-14-30(15-3-1)46-34-19-6-9-21-38(34)49-48(50-46)52-40-22-10-7-20-35(40)45-41(52)26-25-33-36-27-37-32-18-8-11-24-43(32)53-44(37)28-42(36)51(47(33)45)39-23-12-16-29-13-4-5-17-31(29)39/h1-28,32,43H. The van der Waals surface area contributed by atoms with Crippen LogP contribution in [0, 0.1) is 0 Å². The molecule has 0 N–H and O–H groups in total. The third kappa shape index (κ3) is 4.02. The van der Waals surface area contributed by atoms with Crippen LogP contribution in [0.15, 0.2) is 170 Å². The number of para-hydroxylation sites is 2. The summed E-state index contributed by atoms with van der Waals surface area (Å²) in [4.78, 5) is 10.6. The van der Waals surface area contributed by atoms with Crippen LogP contribution in [-0.2, 0) is 0 Å². The summed E-state index contributed by atoms with van der Waals surface area (Å²) in [6.45, 7) is 0. The molecule has 12 rings (SSSR count). The summed E-state index contributed by atoms with van der Waals surface area (Å²) < 4.78 is 11.3. The van der Waals surface area contributed by atoms with E-state index in [0.29, 0.717) is 5.95 Å². The van der Waals surface area contributed by atoms with E-state index in [1.54, 1.807) is 0 Å². The van der Waals surface area contributed by atoms with E-state index < -0.39 is 0 Å². The number of aromatic nitrogens is 4. The van der Waals surface area contributed by atoms with Crippen LogP contribution >= 0.6 is 0 Å². The van der Waals surface area contributed by atoms with Crippen LogP contribution < -0.4 is 4.74 Å². The van der Waals surface area contributed by atoms with Crippen LogP contribution in [0.5, 0.6) is 5.75 Å². The normalized spacial score (nSPS) is 16.3.